The quantitative estimate of drug-likeness (QED) is 0.159. The molecule has 5 atom stereocenters. The van der Waals surface area contributed by atoms with Crippen LogP contribution >= 0.6 is 23.8 Å². The number of thiocarbonyl (C=S) groups is 1. The lowest BCUT2D eigenvalue weighted by Gasteiger charge is -2.39. The summed E-state index contributed by atoms with van der Waals surface area (Å²) < 4.78 is 33.1. The Hall–Kier alpha value is -3.77. The van der Waals surface area contributed by atoms with Gasteiger partial charge in [0.25, 0.3) is 0 Å². The number of carbonyl (C=O) groups excluding carboxylic acids is 3. The highest BCUT2D eigenvalue weighted by Gasteiger charge is 2.46. The lowest BCUT2D eigenvalue weighted by molar-refractivity contribution is -0.136. The van der Waals surface area contributed by atoms with Crippen LogP contribution in [-0.4, -0.2) is 45.5 Å². The maximum absolute atomic E-state index is 14.5. The highest BCUT2D eigenvalue weighted by atomic mass is 35.5. The lowest BCUT2D eigenvalue weighted by atomic mass is 9.78. The summed E-state index contributed by atoms with van der Waals surface area (Å²) in [4.78, 5) is 44.5. The number of carbonyl (C=O) groups is 3. The average molecular weight is 676 g/mol. The SMILES string of the molecule is CCC(C)C(NC(=O)OCc1ccc(F)cc1)C(=O)N[C@]1(C(=O)N[C@H](C(N)=S)[C@@H](C)CC)CCc2[nH]c3c(Cl)cc(F)cc3c2C1. The zero-order chi connectivity index (χ0) is 33.8. The van der Waals surface area contributed by atoms with Crippen molar-refractivity contribution in [2.24, 2.45) is 17.6 Å². The number of hydrogen-bond donors (Lipinski definition) is 5. The van der Waals surface area contributed by atoms with Crippen LogP contribution in [0.25, 0.3) is 10.9 Å². The summed E-state index contributed by atoms with van der Waals surface area (Å²) in [6.07, 6.45) is 0.923. The molecule has 1 aromatic heterocycles. The van der Waals surface area contributed by atoms with Crippen molar-refractivity contribution < 1.29 is 27.9 Å². The van der Waals surface area contributed by atoms with E-state index in [4.69, 9.17) is 34.3 Å². The third-order valence-corrected chi connectivity index (χ3v) is 9.51. The monoisotopic (exact) mass is 675 g/mol. The van der Waals surface area contributed by atoms with Gasteiger partial charge in [-0.25, -0.2) is 13.6 Å². The fraction of sp³-hybridized carbons (Fsp3) is 0.455. The van der Waals surface area contributed by atoms with E-state index < -0.39 is 47.2 Å². The highest BCUT2D eigenvalue weighted by molar-refractivity contribution is 7.80. The van der Waals surface area contributed by atoms with Gasteiger partial charge in [-0.1, -0.05) is 76.5 Å². The molecule has 46 heavy (non-hydrogen) atoms. The molecule has 4 rings (SSSR count). The van der Waals surface area contributed by atoms with Gasteiger partial charge < -0.3 is 31.4 Å². The fourth-order valence-electron chi connectivity index (χ4n) is 5.75. The van der Waals surface area contributed by atoms with E-state index in [2.05, 4.69) is 20.9 Å². The van der Waals surface area contributed by atoms with Crippen LogP contribution < -0.4 is 21.7 Å². The minimum atomic E-state index is -1.50. The summed E-state index contributed by atoms with van der Waals surface area (Å²) in [6, 6.07) is 6.36. The Kier molecular flexibility index (Phi) is 11.3. The van der Waals surface area contributed by atoms with Crippen LogP contribution in [0.5, 0.6) is 0 Å². The molecule has 0 saturated heterocycles. The molecule has 3 amide bonds. The van der Waals surface area contributed by atoms with Crippen molar-refractivity contribution in [1.82, 2.24) is 20.9 Å². The number of ether oxygens (including phenoxy) is 1. The van der Waals surface area contributed by atoms with E-state index in [1.807, 2.05) is 20.8 Å². The van der Waals surface area contributed by atoms with Crippen molar-refractivity contribution >= 4 is 57.6 Å². The molecule has 3 aromatic rings. The molecule has 0 spiro atoms. The van der Waals surface area contributed by atoms with E-state index in [-0.39, 0.29) is 41.3 Å². The van der Waals surface area contributed by atoms with Gasteiger partial charge in [-0.05, 0) is 60.1 Å². The molecule has 2 aromatic carbocycles. The predicted molar refractivity (Wildman–Crippen MR) is 177 cm³/mol. The number of H-pyrrole nitrogens is 1. The Balaban J connectivity index is 1.65. The Labute approximate surface area is 277 Å². The van der Waals surface area contributed by atoms with Crippen LogP contribution in [0, 0.1) is 23.5 Å². The number of nitrogens with one attached hydrogen (secondary N) is 4. The van der Waals surface area contributed by atoms with Crippen LogP contribution in [-0.2, 0) is 33.8 Å². The predicted octanol–water partition coefficient (Wildman–Crippen LogP) is 5.60. The molecule has 1 aliphatic carbocycles. The normalized spacial score (nSPS) is 18.5. The molecule has 0 saturated carbocycles. The molecule has 248 valence electrons. The maximum atomic E-state index is 14.5. The number of halogens is 3. The number of nitrogens with two attached hydrogens (primary N) is 1. The third-order valence-electron chi connectivity index (χ3n) is 8.96. The van der Waals surface area contributed by atoms with Crippen LogP contribution in [0.3, 0.4) is 0 Å². The number of alkyl carbamates (subject to hydrolysis) is 1. The zero-order valence-electron chi connectivity index (χ0n) is 26.3. The number of hydrogen-bond acceptors (Lipinski definition) is 5. The molecule has 13 heteroatoms. The first-order valence-electron chi connectivity index (χ1n) is 15.4. The number of aryl methyl sites for hydroxylation is 1. The van der Waals surface area contributed by atoms with E-state index >= 15 is 0 Å². The van der Waals surface area contributed by atoms with Gasteiger partial charge >= 0.3 is 6.09 Å². The van der Waals surface area contributed by atoms with E-state index in [0.29, 0.717) is 41.3 Å². The lowest BCUT2D eigenvalue weighted by Crippen LogP contribution is -2.67. The molecule has 9 nitrogen and oxygen atoms in total. The Bertz CT molecular complexity index is 1620. The Morgan fingerprint density at radius 1 is 1.04 bits per heavy atom. The van der Waals surface area contributed by atoms with Gasteiger partial charge in [-0.2, -0.15) is 0 Å². The molecular weight excluding hydrogens is 636 g/mol. The summed E-state index contributed by atoms with van der Waals surface area (Å²) in [5.74, 6) is -2.47. The molecular formula is C33H40ClF2N5O4S. The summed E-state index contributed by atoms with van der Waals surface area (Å²) in [5, 5.41) is 9.31. The summed E-state index contributed by atoms with van der Waals surface area (Å²) in [5.41, 5.74) is 7.08. The van der Waals surface area contributed by atoms with Crippen LogP contribution in [0.2, 0.25) is 5.02 Å². The molecule has 0 radical (unpaired) electrons. The molecule has 0 bridgehead atoms. The molecule has 0 aliphatic heterocycles. The number of aromatic amines is 1. The number of benzene rings is 2. The second kappa shape index (κ2) is 14.8. The first-order chi connectivity index (χ1) is 21.8. The summed E-state index contributed by atoms with van der Waals surface area (Å²) in [7, 11) is 0. The molecule has 1 aliphatic rings. The number of aromatic nitrogens is 1. The van der Waals surface area contributed by atoms with Gasteiger partial charge in [0.2, 0.25) is 11.8 Å². The second-order valence-electron chi connectivity index (χ2n) is 12.1. The average Bonchev–Trinajstić information content (AvgIpc) is 3.38. The van der Waals surface area contributed by atoms with Crippen molar-refractivity contribution in [3.8, 4) is 0 Å². The van der Waals surface area contributed by atoms with Crippen LogP contribution in [0.4, 0.5) is 13.6 Å². The standard InChI is InChI=1S/C33H40ClF2N5O4S/c1-5-17(3)26(29(37)46)39-31(43)33(12-11-25-23(15-33)22-13-21(36)14-24(34)28(22)38-25)41-30(42)27(18(4)6-2)40-32(44)45-16-19-7-9-20(35)10-8-19/h7-10,13-14,17-18,26-27,38H,5-6,11-12,15-16H2,1-4H3,(H2,37,46)(H,39,43)(H,40,44)(H,41,42)/t17-,18?,26-,27?,33+/m0/s1. The maximum Gasteiger partial charge on any atom is 0.408 e. The van der Waals surface area contributed by atoms with Crippen molar-refractivity contribution in [3.05, 3.63) is 69.9 Å². The van der Waals surface area contributed by atoms with Gasteiger partial charge in [0.15, 0.2) is 0 Å². The molecule has 6 N–H and O–H groups in total. The first-order valence-corrected chi connectivity index (χ1v) is 16.2. The van der Waals surface area contributed by atoms with Crippen molar-refractivity contribution in [1.29, 1.82) is 0 Å². The highest BCUT2D eigenvalue weighted by Crippen LogP contribution is 2.37. The molecule has 2 unspecified atom stereocenters. The largest absolute Gasteiger partial charge is 0.445 e. The van der Waals surface area contributed by atoms with E-state index in [9.17, 15) is 23.2 Å². The summed E-state index contributed by atoms with van der Waals surface area (Å²) >= 11 is 11.6. The molecule has 0 fully saturated rings. The van der Waals surface area contributed by atoms with Crippen molar-refractivity contribution in [2.75, 3.05) is 0 Å². The second-order valence-corrected chi connectivity index (χ2v) is 13.0. The van der Waals surface area contributed by atoms with Crippen molar-refractivity contribution in [2.45, 2.75) is 84.0 Å². The Morgan fingerprint density at radius 2 is 1.70 bits per heavy atom. The fourth-order valence-corrected chi connectivity index (χ4v) is 6.30. The zero-order valence-corrected chi connectivity index (χ0v) is 27.8. The van der Waals surface area contributed by atoms with E-state index in [1.54, 1.807) is 6.92 Å². The van der Waals surface area contributed by atoms with Gasteiger partial charge in [0, 0.05) is 17.5 Å². The topological polar surface area (TPSA) is 138 Å². The van der Waals surface area contributed by atoms with E-state index in [0.717, 1.165) is 5.69 Å². The van der Waals surface area contributed by atoms with Crippen LogP contribution in [0.1, 0.15) is 63.8 Å². The number of amides is 3. The number of rotatable bonds is 12. The number of fused-ring (bicyclic) bond motifs is 3. The van der Waals surface area contributed by atoms with Gasteiger partial charge in [0.1, 0.15) is 29.8 Å². The van der Waals surface area contributed by atoms with Gasteiger partial charge in [0.05, 0.1) is 21.6 Å². The summed E-state index contributed by atoms with van der Waals surface area (Å²) in [6.45, 7) is 7.40. The van der Waals surface area contributed by atoms with E-state index in [1.165, 1.54) is 36.4 Å². The third kappa shape index (κ3) is 7.78. The van der Waals surface area contributed by atoms with Gasteiger partial charge in [-0.15, -0.1) is 0 Å². The minimum absolute atomic E-state index is 0.0203. The Morgan fingerprint density at radius 3 is 2.33 bits per heavy atom. The minimum Gasteiger partial charge on any atom is -0.445 e. The van der Waals surface area contributed by atoms with Gasteiger partial charge in [-0.3, -0.25) is 9.59 Å². The van der Waals surface area contributed by atoms with Crippen LogP contribution in [0.15, 0.2) is 36.4 Å². The van der Waals surface area contributed by atoms with Crippen molar-refractivity contribution in [3.63, 3.8) is 0 Å². The first kappa shape index (κ1) is 35.1. The smallest absolute Gasteiger partial charge is 0.408 e. The molecule has 1 heterocycles.